The molecule has 0 aromatic heterocycles. The van der Waals surface area contributed by atoms with Gasteiger partial charge in [0.15, 0.2) is 0 Å². The van der Waals surface area contributed by atoms with Gasteiger partial charge in [0, 0.05) is 23.0 Å². The van der Waals surface area contributed by atoms with Crippen LogP contribution in [-0.2, 0) is 19.1 Å². The second-order valence-electron chi connectivity index (χ2n) is 8.08. The fraction of sp³-hybridized carbons (Fsp3) is 0.345. The third-order valence-corrected chi connectivity index (χ3v) is 6.09. The van der Waals surface area contributed by atoms with E-state index in [1.165, 1.54) is 6.08 Å². The summed E-state index contributed by atoms with van der Waals surface area (Å²) in [5, 5.41) is -0.0544. The molecule has 37 heavy (non-hydrogen) atoms. The van der Waals surface area contributed by atoms with E-state index in [-0.39, 0.29) is 23.5 Å². The van der Waals surface area contributed by atoms with Crippen LogP contribution in [0.4, 0.5) is 0 Å². The number of esters is 2. The highest BCUT2D eigenvalue weighted by Gasteiger charge is 2.11. The van der Waals surface area contributed by atoms with Gasteiger partial charge in [-0.15, -0.1) is 0 Å². The molecule has 0 spiro atoms. The number of thioether (sulfide) groups is 1. The summed E-state index contributed by atoms with van der Waals surface area (Å²) in [6, 6.07) is 12.7. The van der Waals surface area contributed by atoms with Crippen molar-refractivity contribution in [3.05, 3.63) is 79.1 Å². The van der Waals surface area contributed by atoms with Gasteiger partial charge in [-0.05, 0) is 98.8 Å². The normalized spacial score (nSPS) is 10.3. The van der Waals surface area contributed by atoms with E-state index in [0.29, 0.717) is 37.6 Å². The molecule has 198 valence electrons. The highest BCUT2D eigenvalue weighted by atomic mass is 32.2. The van der Waals surface area contributed by atoms with Gasteiger partial charge in [0.1, 0.15) is 11.5 Å². The maximum atomic E-state index is 12.7. The molecule has 0 radical (unpaired) electrons. The average Bonchev–Trinajstić information content (AvgIpc) is 2.89. The molecular weight excluding hydrogens is 492 g/mol. The van der Waals surface area contributed by atoms with Crippen LogP contribution in [0.15, 0.2) is 72.9 Å². The Morgan fingerprint density at radius 1 is 0.865 bits per heavy atom. The second kappa shape index (κ2) is 17.0. The number of rotatable bonds is 17. The fourth-order valence-corrected chi connectivity index (χ4v) is 3.97. The summed E-state index contributed by atoms with van der Waals surface area (Å²) in [4.78, 5) is 35.8. The molecule has 7 nitrogen and oxygen atoms in total. The minimum Gasteiger partial charge on any atom is -0.494 e. The van der Waals surface area contributed by atoms with Gasteiger partial charge in [-0.1, -0.05) is 13.2 Å². The van der Waals surface area contributed by atoms with Crippen LogP contribution in [0.2, 0.25) is 0 Å². The number of benzene rings is 2. The van der Waals surface area contributed by atoms with Crippen LogP contribution >= 0.6 is 11.8 Å². The molecule has 0 unspecified atom stereocenters. The monoisotopic (exact) mass is 526 g/mol. The molecule has 0 aliphatic rings. The molecule has 2 aromatic carbocycles. The molecule has 0 saturated heterocycles. The van der Waals surface area contributed by atoms with Gasteiger partial charge in [0.05, 0.1) is 26.1 Å². The van der Waals surface area contributed by atoms with Crippen molar-refractivity contribution < 1.29 is 33.3 Å². The molecule has 2 rings (SSSR count). The standard InChI is InChI=1S/C29H34O7S/c1-4-27(30)36-19-9-7-6-8-18-35-26-17-12-23(21-22(26)3)29(32)37-25-15-13-24(14-16-25)34-20-10-11-28(31)33-5-2/h4-5,12-17,21H,1-2,6-11,18-20H2,3H3. The van der Waals surface area contributed by atoms with Gasteiger partial charge in [0.25, 0.3) is 0 Å². The summed E-state index contributed by atoms with van der Waals surface area (Å²) in [7, 11) is 0. The van der Waals surface area contributed by atoms with Crippen molar-refractivity contribution in [1.29, 1.82) is 0 Å². The van der Waals surface area contributed by atoms with E-state index in [2.05, 4.69) is 17.9 Å². The van der Waals surface area contributed by atoms with Crippen LogP contribution in [0.25, 0.3) is 0 Å². The zero-order chi connectivity index (χ0) is 26.9. The maximum Gasteiger partial charge on any atom is 0.330 e. The van der Waals surface area contributed by atoms with Crippen LogP contribution in [0.5, 0.6) is 11.5 Å². The molecule has 0 amide bonds. The summed E-state index contributed by atoms with van der Waals surface area (Å²) < 4.78 is 21.1. The molecule has 0 saturated carbocycles. The van der Waals surface area contributed by atoms with Crippen LogP contribution in [0.3, 0.4) is 0 Å². The highest BCUT2D eigenvalue weighted by molar-refractivity contribution is 8.14. The van der Waals surface area contributed by atoms with Crippen molar-refractivity contribution in [3.8, 4) is 11.5 Å². The van der Waals surface area contributed by atoms with E-state index >= 15 is 0 Å². The molecule has 0 heterocycles. The van der Waals surface area contributed by atoms with E-state index in [1.807, 2.05) is 31.2 Å². The molecule has 0 bridgehead atoms. The largest absolute Gasteiger partial charge is 0.494 e. The Kier molecular flexibility index (Phi) is 13.7. The Hall–Kier alpha value is -3.52. The zero-order valence-corrected chi connectivity index (χ0v) is 22.1. The third kappa shape index (κ3) is 11.8. The number of unbranched alkanes of at least 4 members (excludes halogenated alkanes) is 3. The molecule has 2 aromatic rings. The first kappa shape index (κ1) is 29.7. The third-order valence-electron chi connectivity index (χ3n) is 5.16. The second-order valence-corrected chi connectivity index (χ2v) is 9.13. The van der Waals surface area contributed by atoms with Crippen molar-refractivity contribution in [3.63, 3.8) is 0 Å². The van der Waals surface area contributed by atoms with Gasteiger partial charge < -0.3 is 18.9 Å². The zero-order valence-electron chi connectivity index (χ0n) is 21.2. The quantitative estimate of drug-likeness (QED) is 0.0765. The molecule has 0 aliphatic heterocycles. The van der Waals surface area contributed by atoms with Crippen LogP contribution < -0.4 is 9.47 Å². The predicted octanol–water partition coefficient (Wildman–Crippen LogP) is 6.44. The Labute approximate surface area is 222 Å². The lowest BCUT2D eigenvalue weighted by Gasteiger charge is -2.11. The molecule has 0 aliphatic carbocycles. The van der Waals surface area contributed by atoms with Crippen molar-refractivity contribution in [2.45, 2.75) is 50.3 Å². The fourth-order valence-electron chi connectivity index (χ4n) is 3.24. The smallest absolute Gasteiger partial charge is 0.330 e. The van der Waals surface area contributed by atoms with E-state index in [0.717, 1.165) is 59.9 Å². The van der Waals surface area contributed by atoms with Crippen molar-refractivity contribution in [2.24, 2.45) is 0 Å². The number of hydrogen-bond acceptors (Lipinski definition) is 8. The number of carbonyl (C=O) groups is 3. The van der Waals surface area contributed by atoms with Crippen LogP contribution in [0, 0.1) is 6.92 Å². The van der Waals surface area contributed by atoms with E-state index in [1.54, 1.807) is 18.2 Å². The summed E-state index contributed by atoms with van der Waals surface area (Å²) in [5.74, 6) is 0.708. The van der Waals surface area contributed by atoms with E-state index in [4.69, 9.17) is 14.2 Å². The SMILES string of the molecule is C=COC(=O)CCCOc1ccc(SC(=O)c2ccc(OCCCCCCOC(=O)C=C)c(C)c2)cc1. The van der Waals surface area contributed by atoms with E-state index < -0.39 is 0 Å². The lowest BCUT2D eigenvalue weighted by Crippen LogP contribution is -2.04. The number of carbonyl (C=O) groups excluding carboxylic acids is 3. The topological polar surface area (TPSA) is 88.1 Å². The lowest BCUT2D eigenvalue weighted by atomic mass is 10.1. The summed E-state index contributed by atoms with van der Waals surface area (Å²) in [6.07, 6.45) is 6.72. The molecule has 0 fully saturated rings. The van der Waals surface area contributed by atoms with Crippen molar-refractivity contribution >= 4 is 28.8 Å². The van der Waals surface area contributed by atoms with Gasteiger partial charge in [-0.2, -0.15) is 0 Å². The predicted molar refractivity (Wildman–Crippen MR) is 144 cm³/mol. The summed E-state index contributed by atoms with van der Waals surface area (Å²) >= 11 is 1.15. The Morgan fingerprint density at radius 3 is 2.24 bits per heavy atom. The number of ether oxygens (including phenoxy) is 4. The maximum absolute atomic E-state index is 12.7. The van der Waals surface area contributed by atoms with Gasteiger partial charge in [0.2, 0.25) is 5.12 Å². The van der Waals surface area contributed by atoms with Crippen LogP contribution in [-0.4, -0.2) is 36.9 Å². The average molecular weight is 527 g/mol. The first-order valence-corrected chi connectivity index (χ1v) is 13.0. The Morgan fingerprint density at radius 2 is 1.57 bits per heavy atom. The van der Waals surface area contributed by atoms with Crippen molar-refractivity contribution in [2.75, 3.05) is 19.8 Å². The van der Waals surface area contributed by atoms with Crippen LogP contribution in [0.1, 0.15) is 54.4 Å². The molecule has 0 atom stereocenters. The van der Waals surface area contributed by atoms with Crippen molar-refractivity contribution in [1.82, 2.24) is 0 Å². The first-order chi connectivity index (χ1) is 17.9. The highest BCUT2D eigenvalue weighted by Crippen LogP contribution is 2.27. The minimum absolute atomic E-state index is 0.0544. The Balaban J connectivity index is 1.70. The number of hydrogen-bond donors (Lipinski definition) is 0. The first-order valence-electron chi connectivity index (χ1n) is 12.2. The minimum atomic E-state index is -0.389. The van der Waals surface area contributed by atoms with Gasteiger partial charge >= 0.3 is 11.9 Å². The molecular formula is C29H34O7S. The van der Waals surface area contributed by atoms with Gasteiger partial charge in [-0.3, -0.25) is 9.59 Å². The summed E-state index contributed by atoms with van der Waals surface area (Å²) in [5.41, 5.74) is 1.51. The molecule has 0 N–H and O–H groups in total. The molecule has 8 heteroatoms. The lowest BCUT2D eigenvalue weighted by molar-refractivity contribution is -0.139. The summed E-state index contributed by atoms with van der Waals surface area (Å²) in [6.45, 7) is 10.0. The van der Waals surface area contributed by atoms with Gasteiger partial charge in [-0.25, -0.2) is 4.79 Å². The number of aryl methyl sites for hydroxylation is 1. The van der Waals surface area contributed by atoms with E-state index in [9.17, 15) is 14.4 Å². The Bertz CT molecular complexity index is 1050.